The number of carbonyl (C=O) groups is 1. The second-order valence-corrected chi connectivity index (χ2v) is 8.68. The van der Waals surface area contributed by atoms with E-state index in [0.717, 1.165) is 58.7 Å². The molecule has 6 nitrogen and oxygen atoms in total. The number of thiazole rings is 1. The van der Waals surface area contributed by atoms with Crippen molar-refractivity contribution in [1.82, 2.24) is 4.98 Å². The third-order valence-electron chi connectivity index (χ3n) is 5.23. The van der Waals surface area contributed by atoms with Gasteiger partial charge in [-0.2, -0.15) is 0 Å². The van der Waals surface area contributed by atoms with Crippen LogP contribution in [0.25, 0.3) is 10.2 Å². The first kappa shape index (κ1) is 18.7. The molecule has 2 aromatic carbocycles. The van der Waals surface area contributed by atoms with E-state index in [1.165, 1.54) is 0 Å². The molecule has 0 unspecified atom stereocenters. The molecule has 2 aliphatic rings. The van der Waals surface area contributed by atoms with Gasteiger partial charge in [-0.15, -0.1) is 0 Å². The standard InChI is InChI=1S/C21H20ClN3O3S/c22-15-1-4-18-13(10-15)9-14(12-28-18)20(26)23-16-2-3-17-19(11-16)29-21(24-17)25-5-7-27-8-6-25/h1-4,10-11,14H,5-9,12H2,(H,23,26)/t14-/m1/s1. The monoisotopic (exact) mass is 429 g/mol. The number of nitrogens with zero attached hydrogens (tertiary/aromatic N) is 2. The molecule has 1 N–H and O–H groups in total. The van der Waals surface area contributed by atoms with E-state index < -0.39 is 0 Å². The number of hydrogen-bond donors (Lipinski definition) is 1. The Kier molecular flexibility index (Phi) is 5.03. The molecule has 0 bridgehead atoms. The fourth-order valence-electron chi connectivity index (χ4n) is 3.66. The fourth-order valence-corrected chi connectivity index (χ4v) is 4.91. The van der Waals surface area contributed by atoms with Crippen LogP contribution in [0, 0.1) is 5.92 Å². The Labute approximate surface area is 177 Å². The molecule has 5 rings (SSSR count). The molecule has 8 heteroatoms. The summed E-state index contributed by atoms with van der Waals surface area (Å²) in [5.74, 6) is 0.509. The van der Waals surface area contributed by atoms with Crippen molar-refractivity contribution in [1.29, 1.82) is 0 Å². The SMILES string of the molecule is O=C(Nc1ccc2nc(N3CCOCC3)sc2c1)[C@H]1COc2ccc(Cl)cc2C1. The highest BCUT2D eigenvalue weighted by Gasteiger charge is 2.26. The van der Waals surface area contributed by atoms with Crippen molar-refractivity contribution in [2.45, 2.75) is 6.42 Å². The predicted octanol–water partition coefficient (Wildman–Crippen LogP) is 3.98. The summed E-state index contributed by atoms with van der Waals surface area (Å²) in [5.41, 5.74) is 2.69. The third-order valence-corrected chi connectivity index (χ3v) is 6.54. The number of amides is 1. The Hall–Kier alpha value is -2.35. The number of fused-ring (bicyclic) bond motifs is 2. The van der Waals surface area contributed by atoms with Gasteiger partial charge in [-0.05, 0) is 48.4 Å². The summed E-state index contributed by atoms with van der Waals surface area (Å²) in [7, 11) is 0. The lowest BCUT2D eigenvalue weighted by Gasteiger charge is -2.25. The number of carbonyl (C=O) groups excluding carboxylic acids is 1. The van der Waals surface area contributed by atoms with Gasteiger partial charge in [0.25, 0.3) is 0 Å². The molecule has 29 heavy (non-hydrogen) atoms. The van der Waals surface area contributed by atoms with Gasteiger partial charge < -0.3 is 19.7 Å². The van der Waals surface area contributed by atoms with Gasteiger partial charge in [-0.25, -0.2) is 4.98 Å². The Balaban J connectivity index is 1.30. The first-order chi connectivity index (χ1) is 14.2. The Morgan fingerprint density at radius 3 is 2.93 bits per heavy atom. The number of nitrogens with one attached hydrogen (secondary N) is 1. The van der Waals surface area contributed by atoms with E-state index in [2.05, 4.69) is 10.2 Å². The van der Waals surface area contributed by atoms with Crippen LogP contribution < -0.4 is 15.0 Å². The van der Waals surface area contributed by atoms with Gasteiger partial charge in [0.1, 0.15) is 12.4 Å². The largest absolute Gasteiger partial charge is 0.492 e. The molecule has 1 atom stereocenters. The lowest BCUT2D eigenvalue weighted by atomic mass is 9.96. The number of hydrogen-bond acceptors (Lipinski definition) is 6. The maximum atomic E-state index is 12.8. The molecule has 0 radical (unpaired) electrons. The fraction of sp³-hybridized carbons (Fsp3) is 0.333. The normalized spacial score (nSPS) is 18.9. The number of rotatable bonds is 3. The highest BCUT2D eigenvalue weighted by molar-refractivity contribution is 7.22. The van der Waals surface area contributed by atoms with Crippen LogP contribution in [0.15, 0.2) is 36.4 Å². The molecule has 1 amide bonds. The molecule has 1 aromatic heterocycles. The van der Waals surface area contributed by atoms with Crippen LogP contribution in [0.5, 0.6) is 5.75 Å². The van der Waals surface area contributed by atoms with Crippen molar-refractivity contribution < 1.29 is 14.3 Å². The van der Waals surface area contributed by atoms with Gasteiger partial charge in [-0.1, -0.05) is 22.9 Å². The molecule has 2 aliphatic heterocycles. The Morgan fingerprint density at radius 1 is 1.21 bits per heavy atom. The average Bonchev–Trinajstić information content (AvgIpc) is 3.17. The van der Waals surface area contributed by atoms with E-state index in [0.29, 0.717) is 18.1 Å². The lowest BCUT2D eigenvalue weighted by molar-refractivity contribution is -0.121. The highest BCUT2D eigenvalue weighted by Crippen LogP contribution is 2.33. The second-order valence-electron chi connectivity index (χ2n) is 7.23. The molecule has 3 aromatic rings. The van der Waals surface area contributed by atoms with E-state index in [1.807, 2.05) is 30.3 Å². The first-order valence-corrected chi connectivity index (χ1v) is 10.8. The van der Waals surface area contributed by atoms with Crippen LogP contribution in [0.3, 0.4) is 0 Å². The quantitative estimate of drug-likeness (QED) is 0.682. The number of morpholine rings is 1. The molecule has 0 spiro atoms. The van der Waals surface area contributed by atoms with Crippen molar-refractivity contribution in [3.63, 3.8) is 0 Å². The highest BCUT2D eigenvalue weighted by atomic mass is 35.5. The molecular formula is C21H20ClN3O3S. The van der Waals surface area contributed by atoms with Gasteiger partial charge in [0.15, 0.2) is 5.13 Å². The number of ether oxygens (including phenoxy) is 2. The maximum absolute atomic E-state index is 12.8. The molecule has 3 heterocycles. The van der Waals surface area contributed by atoms with Crippen LogP contribution in [-0.4, -0.2) is 43.8 Å². The smallest absolute Gasteiger partial charge is 0.231 e. The van der Waals surface area contributed by atoms with Gasteiger partial charge in [0.05, 0.1) is 29.3 Å². The van der Waals surface area contributed by atoms with Crippen molar-refractivity contribution in [2.24, 2.45) is 5.92 Å². The summed E-state index contributed by atoms with van der Waals surface area (Å²) in [6.45, 7) is 3.54. The minimum absolute atomic E-state index is 0.0482. The van der Waals surface area contributed by atoms with Crippen LogP contribution in [0.4, 0.5) is 10.8 Å². The summed E-state index contributed by atoms with van der Waals surface area (Å²) in [6.07, 6.45) is 0.617. The molecule has 1 saturated heterocycles. The van der Waals surface area contributed by atoms with E-state index >= 15 is 0 Å². The van der Waals surface area contributed by atoms with Gasteiger partial charge in [-0.3, -0.25) is 4.79 Å². The molecule has 0 aliphatic carbocycles. The van der Waals surface area contributed by atoms with Crippen LogP contribution in [0.1, 0.15) is 5.56 Å². The van der Waals surface area contributed by atoms with Gasteiger partial charge in [0, 0.05) is 23.8 Å². The summed E-state index contributed by atoms with van der Waals surface area (Å²) in [5, 5.41) is 4.69. The molecule has 0 saturated carbocycles. The topological polar surface area (TPSA) is 63.7 Å². The minimum atomic E-state index is -0.248. The number of halogens is 1. The van der Waals surface area contributed by atoms with E-state index in [1.54, 1.807) is 17.4 Å². The van der Waals surface area contributed by atoms with Crippen LogP contribution >= 0.6 is 22.9 Å². The summed E-state index contributed by atoms with van der Waals surface area (Å²) in [6, 6.07) is 11.4. The predicted molar refractivity (Wildman–Crippen MR) is 115 cm³/mol. The first-order valence-electron chi connectivity index (χ1n) is 9.61. The van der Waals surface area contributed by atoms with Gasteiger partial charge in [0.2, 0.25) is 5.91 Å². The molecule has 150 valence electrons. The molecular weight excluding hydrogens is 410 g/mol. The van der Waals surface area contributed by atoms with Crippen LogP contribution in [-0.2, 0) is 16.0 Å². The molecule has 1 fully saturated rings. The average molecular weight is 430 g/mol. The number of benzene rings is 2. The zero-order valence-electron chi connectivity index (χ0n) is 15.7. The second kappa shape index (κ2) is 7.82. The maximum Gasteiger partial charge on any atom is 0.231 e. The van der Waals surface area contributed by atoms with Crippen LogP contribution in [0.2, 0.25) is 5.02 Å². The Bertz CT molecular complexity index is 1060. The van der Waals surface area contributed by atoms with Crippen molar-refractivity contribution >= 4 is 49.9 Å². The van der Waals surface area contributed by atoms with Crippen molar-refractivity contribution in [2.75, 3.05) is 43.1 Å². The summed E-state index contributed by atoms with van der Waals surface area (Å²) < 4.78 is 12.2. The number of aromatic nitrogens is 1. The number of anilines is 2. The minimum Gasteiger partial charge on any atom is -0.492 e. The Morgan fingerprint density at radius 2 is 2.07 bits per heavy atom. The third kappa shape index (κ3) is 3.90. The van der Waals surface area contributed by atoms with Gasteiger partial charge >= 0.3 is 0 Å². The zero-order chi connectivity index (χ0) is 19.8. The summed E-state index contributed by atoms with van der Waals surface area (Å²) >= 11 is 7.72. The van der Waals surface area contributed by atoms with E-state index in [4.69, 9.17) is 26.1 Å². The summed E-state index contributed by atoms with van der Waals surface area (Å²) in [4.78, 5) is 19.8. The lowest BCUT2D eigenvalue weighted by Crippen LogP contribution is -2.36. The van der Waals surface area contributed by atoms with E-state index in [-0.39, 0.29) is 11.8 Å². The zero-order valence-corrected chi connectivity index (χ0v) is 17.3. The van der Waals surface area contributed by atoms with Crippen molar-refractivity contribution in [3.05, 3.63) is 47.0 Å². The van der Waals surface area contributed by atoms with Crippen molar-refractivity contribution in [3.8, 4) is 5.75 Å². The van der Waals surface area contributed by atoms with E-state index in [9.17, 15) is 4.79 Å².